The molecule has 8 heteroatoms. The van der Waals surface area contributed by atoms with E-state index >= 15 is 0 Å². The Morgan fingerprint density at radius 1 is 1.17 bits per heavy atom. The number of nitrogens with one attached hydrogen (secondary N) is 1. The molecule has 1 N–H and O–H groups in total. The van der Waals surface area contributed by atoms with Gasteiger partial charge in [0.15, 0.2) is 5.76 Å². The number of thiophene rings is 1. The molecule has 0 saturated carbocycles. The van der Waals surface area contributed by atoms with Gasteiger partial charge in [-0.15, -0.1) is 11.3 Å². The summed E-state index contributed by atoms with van der Waals surface area (Å²) < 4.78 is 11.8. The molecule has 0 saturated heterocycles. The van der Waals surface area contributed by atoms with Gasteiger partial charge in [-0.1, -0.05) is 39.7 Å². The van der Waals surface area contributed by atoms with E-state index < -0.39 is 11.9 Å². The first-order valence-corrected chi connectivity index (χ1v) is 11.1. The third-order valence-corrected chi connectivity index (χ3v) is 6.01. The van der Waals surface area contributed by atoms with Crippen LogP contribution in [0.15, 0.2) is 62.8 Å². The summed E-state index contributed by atoms with van der Waals surface area (Å²) in [5.41, 5.74) is 2.41. The second-order valence-corrected chi connectivity index (χ2v) is 8.56. The number of hydrogen-bond donors (Lipinski definition) is 1. The van der Waals surface area contributed by atoms with Gasteiger partial charge in [-0.3, -0.25) is 4.79 Å². The van der Waals surface area contributed by atoms with Crippen LogP contribution < -0.4 is 5.32 Å². The van der Waals surface area contributed by atoms with Crippen molar-refractivity contribution in [1.29, 1.82) is 0 Å². The van der Waals surface area contributed by atoms with E-state index in [-0.39, 0.29) is 12.4 Å². The van der Waals surface area contributed by atoms with Crippen molar-refractivity contribution >= 4 is 66.7 Å². The van der Waals surface area contributed by atoms with Gasteiger partial charge in [-0.05, 0) is 48.9 Å². The van der Waals surface area contributed by atoms with Gasteiger partial charge in [0, 0.05) is 25.8 Å². The fraction of sp³-hybridized carbons (Fsp3) is 0.0909. The molecule has 2 aromatic carbocycles. The molecule has 0 aliphatic heterocycles. The third kappa shape index (κ3) is 4.14. The minimum Gasteiger partial charge on any atom is -0.462 e. The van der Waals surface area contributed by atoms with Crippen LogP contribution >= 0.6 is 38.9 Å². The van der Waals surface area contributed by atoms with E-state index in [1.807, 2.05) is 29.6 Å². The summed E-state index contributed by atoms with van der Waals surface area (Å²) in [6, 6.07) is 14.3. The fourth-order valence-electron chi connectivity index (χ4n) is 2.99. The zero-order valence-electron chi connectivity index (χ0n) is 15.7. The molecule has 2 aromatic heterocycles. The highest BCUT2D eigenvalue weighted by Crippen LogP contribution is 2.37. The van der Waals surface area contributed by atoms with Crippen LogP contribution in [0, 0.1) is 0 Å². The number of rotatable bonds is 5. The predicted molar refractivity (Wildman–Crippen MR) is 123 cm³/mol. The number of carbonyl (C=O) groups is 2. The molecule has 0 bridgehead atoms. The molecule has 0 radical (unpaired) electrons. The van der Waals surface area contributed by atoms with Gasteiger partial charge in [0.1, 0.15) is 16.1 Å². The summed E-state index contributed by atoms with van der Waals surface area (Å²) in [4.78, 5) is 25.5. The van der Waals surface area contributed by atoms with Crippen molar-refractivity contribution in [2.75, 3.05) is 11.9 Å². The normalized spacial score (nSPS) is 10.9. The second kappa shape index (κ2) is 8.63. The number of furan rings is 1. The molecule has 0 aliphatic rings. The number of esters is 1. The summed E-state index contributed by atoms with van der Waals surface area (Å²) in [7, 11) is 0. The molecule has 0 aliphatic carbocycles. The van der Waals surface area contributed by atoms with E-state index in [2.05, 4.69) is 21.2 Å². The molecule has 1 amide bonds. The Morgan fingerprint density at radius 2 is 1.93 bits per heavy atom. The van der Waals surface area contributed by atoms with Gasteiger partial charge >= 0.3 is 5.97 Å². The SMILES string of the molecule is CCOC(=O)c1c(-c2ccc(Br)cc2)csc1NC(=O)c1cc2cc(Cl)ccc2o1. The first kappa shape index (κ1) is 20.7. The van der Waals surface area contributed by atoms with E-state index in [1.54, 1.807) is 31.2 Å². The highest BCUT2D eigenvalue weighted by atomic mass is 79.9. The van der Waals surface area contributed by atoms with Gasteiger partial charge in [0.25, 0.3) is 5.91 Å². The van der Waals surface area contributed by atoms with Crippen molar-refractivity contribution in [2.24, 2.45) is 0 Å². The number of hydrogen-bond acceptors (Lipinski definition) is 5. The van der Waals surface area contributed by atoms with E-state index in [9.17, 15) is 9.59 Å². The van der Waals surface area contributed by atoms with Crippen LogP contribution in [-0.2, 0) is 4.74 Å². The highest BCUT2D eigenvalue weighted by Gasteiger charge is 2.24. The molecule has 152 valence electrons. The molecule has 5 nitrogen and oxygen atoms in total. The van der Waals surface area contributed by atoms with Crippen molar-refractivity contribution in [3.8, 4) is 11.1 Å². The Bertz CT molecular complexity index is 1250. The van der Waals surface area contributed by atoms with Crippen molar-refractivity contribution in [3.63, 3.8) is 0 Å². The topological polar surface area (TPSA) is 68.5 Å². The van der Waals surface area contributed by atoms with Crippen molar-refractivity contribution < 1.29 is 18.7 Å². The zero-order chi connectivity index (χ0) is 21.3. The summed E-state index contributed by atoms with van der Waals surface area (Å²) in [6.45, 7) is 1.97. The summed E-state index contributed by atoms with van der Waals surface area (Å²) in [5, 5.41) is 6.28. The largest absolute Gasteiger partial charge is 0.462 e. The van der Waals surface area contributed by atoms with Crippen LogP contribution in [0.1, 0.15) is 27.8 Å². The molecule has 30 heavy (non-hydrogen) atoms. The van der Waals surface area contributed by atoms with Crippen LogP contribution in [-0.4, -0.2) is 18.5 Å². The van der Waals surface area contributed by atoms with Crippen LogP contribution in [0.4, 0.5) is 5.00 Å². The number of halogens is 2. The Labute approximate surface area is 189 Å². The fourth-order valence-corrected chi connectivity index (χ4v) is 4.39. The number of carbonyl (C=O) groups excluding carboxylic acids is 2. The van der Waals surface area contributed by atoms with Crippen LogP contribution in [0.3, 0.4) is 0 Å². The Hall–Kier alpha value is -2.61. The smallest absolute Gasteiger partial charge is 0.341 e. The molecule has 4 rings (SSSR count). The average Bonchev–Trinajstić information content (AvgIpc) is 3.32. The van der Waals surface area contributed by atoms with E-state index in [0.29, 0.717) is 26.7 Å². The number of fused-ring (bicyclic) bond motifs is 1. The molecule has 0 unspecified atom stereocenters. The lowest BCUT2D eigenvalue weighted by atomic mass is 10.0. The maximum Gasteiger partial charge on any atom is 0.341 e. The molecular formula is C22H15BrClNO4S. The summed E-state index contributed by atoms with van der Waals surface area (Å²) >= 11 is 10.7. The molecule has 0 atom stereocenters. The lowest BCUT2D eigenvalue weighted by molar-refractivity contribution is 0.0529. The van der Waals surface area contributed by atoms with Crippen LogP contribution in [0.25, 0.3) is 22.1 Å². The van der Waals surface area contributed by atoms with Crippen LogP contribution in [0.2, 0.25) is 5.02 Å². The Morgan fingerprint density at radius 3 is 2.67 bits per heavy atom. The van der Waals surface area contributed by atoms with Crippen molar-refractivity contribution in [2.45, 2.75) is 6.92 Å². The predicted octanol–water partition coefficient (Wildman–Crippen LogP) is 7.01. The summed E-state index contributed by atoms with van der Waals surface area (Å²) in [6.07, 6.45) is 0. The quantitative estimate of drug-likeness (QED) is 0.297. The second-order valence-electron chi connectivity index (χ2n) is 6.33. The molecule has 0 fully saturated rings. The van der Waals surface area contributed by atoms with Crippen molar-refractivity contribution in [3.05, 3.63) is 74.7 Å². The Kier molecular flexibility index (Phi) is 5.94. The third-order valence-electron chi connectivity index (χ3n) is 4.36. The van der Waals surface area contributed by atoms with E-state index in [1.165, 1.54) is 11.3 Å². The minimum atomic E-state index is -0.497. The lowest BCUT2D eigenvalue weighted by Crippen LogP contribution is -2.14. The first-order chi connectivity index (χ1) is 14.5. The van der Waals surface area contributed by atoms with Gasteiger partial charge in [0.05, 0.1) is 6.61 Å². The Balaban J connectivity index is 1.69. The maximum absolute atomic E-state index is 12.8. The number of benzene rings is 2. The number of anilines is 1. The molecule has 0 spiro atoms. The first-order valence-electron chi connectivity index (χ1n) is 9.01. The minimum absolute atomic E-state index is 0.126. The van der Waals surface area contributed by atoms with E-state index in [4.69, 9.17) is 20.8 Å². The molecule has 4 aromatic rings. The standard InChI is InChI=1S/C22H15BrClNO4S/c1-2-28-22(27)19-16(12-3-5-14(23)6-4-12)11-30-21(19)25-20(26)18-10-13-9-15(24)7-8-17(13)29-18/h3-11H,2H2,1H3,(H,25,26). The van der Waals surface area contributed by atoms with Gasteiger partial charge in [0.2, 0.25) is 0 Å². The zero-order valence-corrected chi connectivity index (χ0v) is 18.9. The monoisotopic (exact) mass is 503 g/mol. The highest BCUT2D eigenvalue weighted by molar-refractivity contribution is 9.10. The van der Waals surface area contributed by atoms with Gasteiger partial charge in [-0.2, -0.15) is 0 Å². The van der Waals surface area contributed by atoms with E-state index in [0.717, 1.165) is 15.4 Å². The number of amides is 1. The number of ether oxygens (including phenoxy) is 1. The van der Waals surface area contributed by atoms with Crippen molar-refractivity contribution in [1.82, 2.24) is 0 Å². The molecule has 2 heterocycles. The van der Waals surface area contributed by atoms with Crippen LogP contribution in [0.5, 0.6) is 0 Å². The molecular weight excluding hydrogens is 490 g/mol. The average molecular weight is 505 g/mol. The lowest BCUT2D eigenvalue weighted by Gasteiger charge is -2.08. The maximum atomic E-state index is 12.8. The van der Waals surface area contributed by atoms with Gasteiger partial charge in [-0.25, -0.2) is 4.79 Å². The summed E-state index contributed by atoms with van der Waals surface area (Å²) in [5.74, 6) is -0.832. The van der Waals surface area contributed by atoms with Gasteiger partial charge < -0.3 is 14.5 Å².